The molecule has 0 radical (unpaired) electrons. The number of hydrogen-bond acceptors (Lipinski definition) is 1. The summed E-state index contributed by atoms with van der Waals surface area (Å²) in [4.78, 5) is 0. The summed E-state index contributed by atoms with van der Waals surface area (Å²) in [6.07, 6.45) is 1.08. The van der Waals surface area contributed by atoms with Crippen LogP contribution in [0.2, 0.25) is 0 Å². The minimum atomic E-state index is -0.444. The fourth-order valence-electron chi connectivity index (χ4n) is 0.161. The van der Waals surface area contributed by atoms with Crippen LogP contribution in [0.25, 0.3) is 0 Å². The van der Waals surface area contributed by atoms with E-state index in [2.05, 4.69) is 6.58 Å². The molecule has 0 aliphatic heterocycles. The maximum Gasteiger partial charge on any atom is 0.140 e. The summed E-state index contributed by atoms with van der Waals surface area (Å²) >= 11 is 0. The first-order valence-electron chi connectivity index (χ1n) is 1.92. The maximum absolute atomic E-state index is 11.9. The van der Waals surface area contributed by atoms with Crippen molar-refractivity contribution >= 4 is 0 Å². The van der Waals surface area contributed by atoms with Gasteiger partial charge in [-0.2, -0.15) is 0 Å². The van der Waals surface area contributed by atoms with Crippen molar-refractivity contribution in [2.24, 2.45) is 5.73 Å². The minimum Gasteiger partial charge on any atom is -0.400 e. The first kappa shape index (κ1) is 6.21. The van der Waals surface area contributed by atoms with Crippen LogP contribution in [-0.2, 0) is 0 Å². The molecule has 0 bridgehead atoms. The predicted octanol–water partition coefficient (Wildman–Crippen LogP) is 1.33. The second kappa shape index (κ2) is 2.39. The summed E-state index contributed by atoms with van der Waals surface area (Å²) in [6.45, 7) is 4.65. The van der Waals surface area contributed by atoms with Crippen LogP contribution in [0.5, 0.6) is 0 Å². The van der Waals surface area contributed by atoms with Gasteiger partial charge in [0.05, 0.1) is 0 Å². The monoisotopic (exact) mass is 101 g/mol. The zero-order valence-corrected chi connectivity index (χ0v) is 4.24. The van der Waals surface area contributed by atoms with Crippen molar-refractivity contribution in [1.82, 2.24) is 0 Å². The fourth-order valence-corrected chi connectivity index (χ4v) is 0.161. The van der Waals surface area contributed by atoms with Crippen LogP contribution in [0.4, 0.5) is 4.39 Å². The van der Waals surface area contributed by atoms with Gasteiger partial charge in [-0.05, 0) is 13.0 Å². The van der Waals surface area contributed by atoms with Crippen LogP contribution >= 0.6 is 0 Å². The van der Waals surface area contributed by atoms with Crippen molar-refractivity contribution < 1.29 is 4.39 Å². The molecule has 0 amide bonds. The van der Waals surface area contributed by atoms with E-state index in [1.807, 2.05) is 0 Å². The minimum absolute atomic E-state index is 0.176. The van der Waals surface area contributed by atoms with Crippen LogP contribution in [0.15, 0.2) is 24.2 Å². The van der Waals surface area contributed by atoms with E-state index < -0.39 is 5.83 Å². The number of rotatable bonds is 1. The van der Waals surface area contributed by atoms with Crippen molar-refractivity contribution in [3.05, 3.63) is 24.2 Å². The van der Waals surface area contributed by atoms with Crippen LogP contribution in [0.3, 0.4) is 0 Å². The third-order valence-electron chi connectivity index (χ3n) is 0.556. The van der Waals surface area contributed by atoms with E-state index in [4.69, 9.17) is 5.73 Å². The van der Waals surface area contributed by atoms with E-state index >= 15 is 0 Å². The largest absolute Gasteiger partial charge is 0.400 e. The standard InChI is InChI=1S/C5H8FN/c1-3-5(6)4(2)7/h3H,1,7H2,2H3/b5-4-. The highest BCUT2D eigenvalue weighted by molar-refractivity contribution is 5.12. The second-order valence-electron chi connectivity index (χ2n) is 1.24. The van der Waals surface area contributed by atoms with Crippen molar-refractivity contribution in [1.29, 1.82) is 0 Å². The third kappa shape index (κ3) is 1.98. The smallest absolute Gasteiger partial charge is 0.140 e. The summed E-state index contributed by atoms with van der Waals surface area (Å²) in [5, 5.41) is 0. The highest BCUT2D eigenvalue weighted by atomic mass is 19.1. The van der Waals surface area contributed by atoms with Crippen molar-refractivity contribution in [3.63, 3.8) is 0 Å². The molecule has 2 N–H and O–H groups in total. The fraction of sp³-hybridized carbons (Fsp3) is 0.200. The molecule has 0 aliphatic carbocycles. The van der Waals surface area contributed by atoms with E-state index in [-0.39, 0.29) is 5.70 Å². The Morgan fingerprint density at radius 3 is 2.29 bits per heavy atom. The molecule has 0 fully saturated rings. The highest BCUT2D eigenvalue weighted by Gasteiger charge is 1.85. The van der Waals surface area contributed by atoms with E-state index in [1.54, 1.807) is 0 Å². The van der Waals surface area contributed by atoms with Gasteiger partial charge in [0.1, 0.15) is 5.83 Å². The first-order chi connectivity index (χ1) is 3.18. The molecule has 0 aromatic carbocycles. The van der Waals surface area contributed by atoms with Gasteiger partial charge in [0.2, 0.25) is 0 Å². The molecule has 0 aromatic heterocycles. The number of hydrogen-bond donors (Lipinski definition) is 1. The van der Waals surface area contributed by atoms with E-state index in [0.29, 0.717) is 0 Å². The van der Waals surface area contributed by atoms with Gasteiger partial charge in [-0.1, -0.05) is 6.58 Å². The zero-order valence-electron chi connectivity index (χ0n) is 4.24. The van der Waals surface area contributed by atoms with Crippen molar-refractivity contribution in [3.8, 4) is 0 Å². The SMILES string of the molecule is C=C/C(F)=C(\C)N. The zero-order chi connectivity index (χ0) is 5.86. The Morgan fingerprint density at radius 1 is 1.86 bits per heavy atom. The Labute approximate surface area is 42.3 Å². The Morgan fingerprint density at radius 2 is 2.29 bits per heavy atom. The molecule has 0 atom stereocenters. The highest BCUT2D eigenvalue weighted by Crippen LogP contribution is 1.98. The van der Waals surface area contributed by atoms with Crippen LogP contribution in [-0.4, -0.2) is 0 Å². The van der Waals surface area contributed by atoms with Gasteiger partial charge < -0.3 is 5.73 Å². The molecule has 0 aromatic rings. The van der Waals surface area contributed by atoms with Crippen molar-refractivity contribution in [2.45, 2.75) is 6.92 Å². The molecule has 0 rings (SSSR count). The first-order valence-corrected chi connectivity index (χ1v) is 1.92. The lowest BCUT2D eigenvalue weighted by molar-refractivity contribution is 0.653. The third-order valence-corrected chi connectivity index (χ3v) is 0.556. The molecule has 7 heavy (non-hydrogen) atoms. The molecule has 0 saturated carbocycles. The second-order valence-corrected chi connectivity index (χ2v) is 1.24. The number of allylic oxidation sites excluding steroid dienone is 3. The molecule has 0 aliphatic rings. The summed E-state index contributed by atoms with van der Waals surface area (Å²) < 4.78 is 11.9. The average Bonchev–Trinajstić information content (AvgIpc) is 1.65. The summed E-state index contributed by atoms with van der Waals surface area (Å²) in [5.41, 5.74) is 5.16. The lowest BCUT2D eigenvalue weighted by Crippen LogP contribution is -1.91. The lowest BCUT2D eigenvalue weighted by Gasteiger charge is -1.86. The Balaban J connectivity index is 3.98. The Bertz CT molecular complexity index is 101. The molecule has 0 heterocycles. The number of nitrogens with two attached hydrogens (primary N) is 1. The molecular formula is C5H8FN. The maximum atomic E-state index is 11.9. The van der Waals surface area contributed by atoms with Crippen LogP contribution in [0, 0.1) is 0 Å². The Kier molecular flexibility index (Phi) is 2.12. The summed E-state index contributed by atoms with van der Waals surface area (Å²) in [7, 11) is 0. The van der Waals surface area contributed by atoms with Gasteiger partial charge >= 0.3 is 0 Å². The van der Waals surface area contributed by atoms with Crippen LogP contribution < -0.4 is 5.73 Å². The van der Waals surface area contributed by atoms with Gasteiger partial charge in [0.15, 0.2) is 0 Å². The average molecular weight is 101 g/mol. The molecule has 0 saturated heterocycles. The van der Waals surface area contributed by atoms with Gasteiger partial charge in [0.25, 0.3) is 0 Å². The number of halogens is 1. The van der Waals surface area contributed by atoms with E-state index in [9.17, 15) is 4.39 Å². The normalized spacial score (nSPS) is 12.9. The van der Waals surface area contributed by atoms with Gasteiger partial charge in [-0.25, -0.2) is 4.39 Å². The van der Waals surface area contributed by atoms with Crippen LogP contribution in [0.1, 0.15) is 6.92 Å². The summed E-state index contributed by atoms with van der Waals surface area (Å²) in [5.74, 6) is -0.444. The van der Waals surface area contributed by atoms with E-state index in [1.165, 1.54) is 6.92 Å². The quantitative estimate of drug-likeness (QED) is 0.495. The molecule has 40 valence electrons. The predicted molar refractivity (Wildman–Crippen MR) is 28.2 cm³/mol. The molecule has 1 nitrogen and oxygen atoms in total. The van der Waals surface area contributed by atoms with Gasteiger partial charge in [-0.15, -0.1) is 0 Å². The lowest BCUT2D eigenvalue weighted by atomic mass is 10.4. The topological polar surface area (TPSA) is 26.0 Å². The molecule has 0 spiro atoms. The van der Waals surface area contributed by atoms with Gasteiger partial charge in [0, 0.05) is 5.70 Å². The summed E-state index contributed by atoms with van der Waals surface area (Å²) in [6, 6.07) is 0. The Hall–Kier alpha value is -0.790. The molecular weight excluding hydrogens is 93.1 g/mol. The molecule has 2 heteroatoms. The van der Waals surface area contributed by atoms with Gasteiger partial charge in [-0.3, -0.25) is 0 Å². The molecule has 0 unspecified atom stereocenters. The van der Waals surface area contributed by atoms with Crippen molar-refractivity contribution in [2.75, 3.05) is 0 Å². The van der Waals surface area contributed by atoms with E-state index in [0.717, 1.165) is 6.08 Å².